The van der Waals surface area contributed by atoms with E-state index >= 15 is 4.39 Å². The standard InChI is InChI=1S/C56H66ClFN10O8S/c1-8-45(72)66-19-21-67(22-20-66)52-41-28-42(57)47(40-26-37(69)25-36-11-9-10-12-39(36)40)48(58)49(41)63-55(64-52)59-18-17-46(73)65(7)23-24-76-30-44(71)62-51(56(4,5)6)54(75)68-29-38(70)27-43(68)53(74)61-32(2)34-13-15-35(16-14-34)50-33(3)60-31-77-50/h9-16,25-26,28,31-32,38,43,51,69-70H,8,17-24,27,29-30H2,1-7H3,(H,61,74)(H,62,71)(H,59,63,64)/t32-,38+,43-,51+/m0/s1. The number of carbonyl (C=O) groups excluding carboxylic acids is 5. The minimum atomic E-state index is -1.06. The third-order valence-electron chi connectivity index (χ3n) is 14.1. The smallest absolute Gasteiger partial charge is 0.246 e. The van der Waals surface area contributed by atoms with Gasteiger partial charge in [-0.05, 0) is 64.9 Å². The number of aliphatic hydroxyl groups is 1. The molecular weight excluding hydrogens is 1030 g/mol. The third kappa shape index (κ3) is 12.9. The molecule has 77 heavy (non-hydrogen) atoms. The van der Waals surface area contributed by atoms with Gasteiger partial charge < -0.3 is 50.5 Å². The minimum absolute atomic E-state index is 0.00349. The Labute approximate surface area is 456 Å². The van der Waals surface area contributed by atoms with E-state index < -0.39 is 59.8 Å². The van der Waals surface area contributed by atoms with E-state index in [0.717, 1.165) is 21.7 Å². The summed E-state index contributed by atoms with van der Waals surface area (Å²) in [7, 11) is 1.60. The van der Waals surface area contributed by atoms with Crippen LogP contribution in [0.3, 0.4) is 0 Å². The van der Waals surface area contributed by atoms with Crippen LogP contribution in [0.5, 0.6) is 5.75 Å². The SMILES string of the molecule is CCC(=O)N1CCN(c2nc(NCCC(=O)N(C)CCOCC(=O)N[C@H](C(=O)N3C[C@H](O)C[C@H]3C(=O)N[C@@H](C)c3ccc(-c4scnc4C)cc3)C(C)(C)C)nc3c(F)c(-c4cc(O)cc5ccccc45)c(Cl)cc23)CC1. The van der Waals surface area contributed by atoms with E-state index in [-0.39, 0.29) is 78.7 Å². The number of fused-ring (bicyclic) bond motifs is 2. The number of thiazole rings is 1. The number of anilines is 2. The van der Waals surface area contributed by atoms with Crippen molar-refractivity contribution in [2.24, 2.45) is 5.41 Å². The van der Waals surface area contributed by atoms with E-state index in [2.05, 4.69) is 25.9 Å². The molecule has 8 rings (SSSR count). The van der Waals surface area contributed by atoms with Crippen LogP contribution in [0.4, 0.5) is 16.2 Å². The zero-order valence-corrected chi connectivity index (χ0v) is 45.9. The van der Waals surface area contributed by atoms with Crippen molar-refractivity contribution in [3.63, 3.8) is 0 Å². The molecule has 2 aliphatic heterocycles. The Balaban J connectivity index is 0.860. The minimum Gasteiger partial charge on any atom is -0.508 e. The predicted molar refractivity (Wildman–Crippen MR) is 296 cm³/mol. The normalized spacial score (nSPS) is 16.6. The number of amides is 5. The molecule has 0 bridgehead atoms. The van der Waals surface area contributed by atoms with Gasteiger partial charge in [0.25, 0.3) is 0 Å². The number of phenolic OH excluding ortho intramolecular Hbond substituents is 1. The molecule has 4 atom stereocenters. The van der Waals surface area contributed by atoms with Gasteiger partial charge in [-0.2, -0.15) is 4.98 Å². The number of likely N-dealkylation sites (N-methyl/N-ethyl adjacent to an activating group) is 1. The van der Waals surface area contributed by atoms with E-state index in [1.54, 1.807) is 61.7 Å². The van der Waals surface area contributed by atoms with Crippen molar-refractivity contribution >= 4 is 85.9 Å². The first kappa shape index (κ1) is 56.2. The first-order valence-corrected chi connectivity index (χ1v) is 27.1. The van der Waals surface area contributed by atoms with Gasteiger partial charge in [0.2, 0.25) is 35.5 Å². The number of likely N-dealkylation sites (tertiary alicyclic amines) is 1. The topological polar surface area (TPSA) is 223 Å². The molecule has 2 fully saturated rings. The van der Waals surface area contributed by atoms with Gasteiger partial charge in [0.1, 0.15) is 35.8 Å². The van der Waals surface area contributed by atoms with Crippen molar-refractivity contribution in [3.8, 4) is 27.3 Å². The lowest BCUT2D eigenvalue weighted by Crippen LogP contribution is -2.58. The summed E-state index contributed by atoms with van der Waals surface area (Å²) in [4.78, 5) is 88.5. The molecule has 18 nitrogen and oxygen atoms in total. The Bertz CT molecular complexity index is 3160. The molecule has 4 aromatic carbocycles. The number of nitrogens with zero attached hydrogens (tertiary/aromatic N) is 7. The van der Waals surface area contributed by atoms with Gasteiger partial charge in [-0.25, -0.2) is 14.4 Å². The Morgan fingerprint density at radius 2 is 1.71 bits per heavy atom. The molecule has 2 aromatic heterocycles. The van der Waals surface area contributed by atoms with Gasteiger partial charge in [0.15, 0.2) is 5.82 Å². The van der Waals surface area contributed by atoms with Crippen molar-refractivity contribution in [2.45, 2.75) is 85.0 Å². The van der Waals surface area contributed by atoms with Crippen LogP contribution in [0.2, 0.25) is 5.02 Å². The lowest BCUT2D eigenvalue weighted by molar-refractivity contribution is -0.144. The van der Waals surface area contributed by atoms with Crippen LogP contribution in [0.25, 0.3) is 43.2 Å². The number of ether oxygens (including phenoxy) is 1. The number of aromatic hydroxyl groups is 1. The van der Waals surface area contributed by atoms with E-state index in [1.165, 1.54) is 15.9 Å². The first-order valence-electron chi connectivity index (χ1n) is 25.8. The highest BCUT2D eigenvalue weighted by Crippen LogP contribution is 2.42. The van der Waals surface area contributed by atoms with Crippen molar-refractivity contribution in [1.29, 1.82) is 0 Å². The van der Waals surface area contributed by atoms with Gasteiger partial charge in [0, 0.05) is 83.1 Å². The van der Waals surface area contributed by atoms with Crippen LogP contribution in [0.1, 0.15) is 71.2 Å². The summed E-state index contributed by atoms with van der Waals surface area (Å²) < 4.78 is 22.7. The van der Waals surface area contributed by atoms with Gasteiger partial charge >= 0.3 is 0 Å². The number of aromatic nitrogens is 3. The zero-order chi connectivity index (χ0) is 55.3. The van der Waals surface area contributed by atoms with Crippen LogP contribution in [-0.2, 0) is 28.7 Å². The molecule has 0 saturated carbocycles. The number of β-amino-alcohol motifs (C(OH)–C–C–N with tert-alkyl or cyclic N) is 1. The first-order chi connectivity index (χ1) is 36.7. The number of carbonyl (C=O) groups is 5. The van der Waals surface area contributed by atoms with Crippen molar-refractivity contribution in [3.05, 3.63) is 94.3 Å². The fraction of sp³-hybridized carbons (Fsp3) is 0.429. The summed E-state index contributed by atoms with van der Waals surface area (Å²) in [5.41, 5.74) is 4.27. The number of benzene rings is 4. The predicted octanol–water partition coefficient (Wildman–Crippen LogP) is 7.09. The van der Waals surface area contributed by atoms with E-state index in [1.807, 2.05) is 74.2 Å². The molecule has 0 spiro atoms. The molecule has 5 N–H and O–H groups in total. The van der Waals surface area contributed by atoms with E-state index in [9.17, 15) is 34.2 Å². The van der Waals surface area contributed by atoms with Crippen LogP contribution >= 0.6 is 22.9 Å². The number of hydrogen-bond donors (Lipinski definition) is 5. The molecule has 0 unspecified atom stereocenters. The Morgan fingerprint density at radius 1 is 0.987 bits per heavy atom. The largest absolute Gasteiger partial charge is 0.508 e. The van der Waals surface area contributed by atoms with Crippen molar-refractivity contribution in [1.82, 2.24) is 40.3 Å². The fourth-order valence-electron chi connectivity index (χ4n) is 9.82. The third-order valence-corrected chi connectivity index (χ3v) is 15.4. The summed E-state index contributed by atoms with van der Waals surface area (Å²) in [5.74, 6) is -2.03. The number of phenols is 1. The highest BCUT2D eigenvalue weighted by atomic mass is 35.5. The number of nitrogens with one attached hydrogen (secondary N) is 3. The zero-order valence-electron chi connectivity index (χ0n) is 44.4. The monoisotopic (exact) mass is 1090 g/mol. The summed E-state index contributed by atoms with van der Waals surface area (Å²) in [6, 6.07) is 17.4. The number of aliphatic hydroxyl groups excluding tert-OH is 1. The number of halogens is 2. The molecule has 2 aliphatic rings. The molecule has 2 saturated heterocycles. The highest BCUT2D eigenvalue weighted by molar-refractivity contribution is 7.13. The number of aryl methyl sites for hydroxylation is 1. The summed E-state index contributed by atoms with van der Waals surface area (Å²) in [6.45, 7) is 12.5. The average molecular weight is 1090 g/mol. The quantitative estimate of drug-likeness (QED) is 0.0544. The Kier molecular flexibility index (Phi) is 17.6. The van der Waals surface area contributed by atoms with Crippen LogP contribution in [-0.4, -0.2) is 154 Å². The van der Waals surface area contributed by atoms with Gasteiger partial charge in [0.05, 0.1) is 39.9 Å². The second kappa shape index (κ2) is 24.1. The van der Waals surface area contributed by atoms with Gasteiger partial charge in [-0.1, -0.05) is 87.8 Å². The number of rotatable bonds is 18. The number of hydrogen-bond acceptors (Lipinski definition) is 14. The maximum atomic E-state index is 17.1. The van der Waals surface area contributed by atoms with Crippen LogP contribution in [0.15, 0.2) is 72.2 Å². The van der Waals surface area contributed by atoms with E-state index in [0.29, 0.717) is 60.1 Å². The van der Waals surface area contributed by atoms with Crippen molar-refractivity contribution in [2.75, 3.05) is 76.3 Å². The molecule has 4 heterocycles. The second-order valence-corrected chi connectivity index (χ2v) is 21.9. The summed E-state index contributed by atoms with van der Waals surface area (Å²) >= 11 is 8.45. The molecule has 0 aliphatic carbocycles. The summed E-state index contributed by atoms with van der Waals surface area (Å²) in [6.07, 6.45) is -0.520. The van der Waals surface area contributed by atoms with E-state index in [4.69, 9.17) is 21.3 Å². The number of piperazine rings is 1. The lowest BCUT2D eigenvalue weighted by atomic mass is 9.85. The molecule has 0 radical (unpaired) electrons. The summed E-state index contributed by atoms with van der Waals surface area (Å²) in [5, 5.41) is 32.1. The molecule has 21 heteroatoms. The van der Waals surface area contributed by atoms with Gasteiger partial charge in [-0.3, -0.25) is 24.0 Å². The molecule has 5 amide bonds. The van der Waals surface area contributed by atoms with Crippen LogP contribution in [0, 0.1) is 18.2 Å². The molecule has 6 aromatic rings. The highest BCUT2D eigenvalue weighted by Gasteiger charge is 2.45. The van der Waals surface area contributed by atoms with Crippen molar-refractivity contribution < 1.29 is 43.3 Å². The maximum Gasteiger partial charge on any atom is 0.246 e. The maximum absolute atomic E-state index is 17.1. The molecular formula is C56H66ClFN10O8S. The Morgan fingerprint density at radius 3 is 2.40 bits per heavy atom. The van der Waals surface area contributed by atoms with Crippen LogP contribution < -0.4 is 20.9 Å². The average Bonchev–Trinajstić information content (AvgIpc) is 4.03. The lowest BCUT2D eigenvalue weighted by Gasteiger charge is -2.36. The molecule has 408 valence electrons. The fourth-order valence-corrected chi connectivity index (χ4v) is 10.9. The van der Waals surface area contributed by atoms with Gasteiger partial charge in [-0.15, -0.1) is 11.3 Å². The Hall–Kier alpha value is -7.00. The second-order valence-electron chi connectivity index (χ2n) is 20.7.